The van der Waals surface area contributed by atoms with Crippen LogP contribution in [0.4, 0.5) is 0 Å². The first-order valence-corrected chi connectivity index (χ1v) is 8.03. The fraction of sp³-hybridized carbons (Fsp3) is 0.421. The molecule has 0 radical (unpaired) electrons. The molecule has 1 aromatic heterocycles. The number of fused-ring (bicyclic) bond motifs is 3. The van der Waals surface area contributed by atoms with Crippen LogP contribution in [-0.4, -0.2) is 35.6 Å². The number of hydrogen-bond donors (Lipinski definition) is 0. The summed E-state index contributed by atoms with van der Waals surface area (Å²) < 4.78 is 22.4. The van der Waals surface area contributed by atoms with Crippen molar-refractivity contribution in [1.82, 2.24) is 9.88 Å². The van der Waals surface area contributed by atoms with Crippen molar-refractivity contribution in [2.75, 3.05) is 19.6 Å². The fourth-order valence-electron chi connectivity index (χ4n) is 3.42. The molecule has 0 saturated carbocycles. The average Bonchev–Trinajstić information content (AvgIpc) is 2.57. The maximum Gasteiger partial charge on any atom is 0.138 e. The van der Waals surface area contributed by atoms with Gasteiger partial charge in [0.25, 0.3) is 0 Å². The van der Waals surface area contributed by atoms with E-state index in [9.17, 15) is 0 Å². The molecule has 3 heteroatoms. The molecular weight excluding hydrogens is 272 g/mol. The highest BCUT2D eigenvalue weighted by Crippen LogP contribution is 2.31. The molecule has 3 saturated heterocycles. The molecule has 22 heavy (non-hydrogen) atoms. The van der Waals surface area contributed by atoms with Crippen LogP contribution in [0.15, 0.2) is 42.5 Å². The molecule has 114 valence electrons. The first-order chi connectivity index (χ1) is 11.6. The Morgan fingerprint density at radius 1 is 1.18 bits per heavy atom. The number of hydrogen-bond acceptors (Lipinski definition) is 3. The third-order valence-electron chi connectivity index (χ3n) is 4.76. The summed E-state index contributed by atoms with van der Waals surface area (Å²) in [5.41, 5.74) is 2.16. The van der Waals surface area contributed by atoms with E-state index in [2.05, 4.69) is 9.88 Å². The van der Waals surface area contributed by atoms with E-state index in [4.69, 9.17) is 7.48 Å². The Balaban J connectivity index is 1.53. The van der Waals surface area contributed by atoms with Crippen molar-refractivity contribution < 1.29 is 7.48 Å². The first kappa shape index (κ1) is 11.7. The summed E-state index contributed by atoms with van der Waals surface area (Å²) in [5.74, 6) is 1.44. The number of nitrogens with zero attached hydrogens (tertiary/aromatic N) is 2. The van der Waals surface area contributed by atoms with Crippen LogP contribution in [0.1, 0.15) is 21.1 Å². The minimum Gasteiger partial charge on any atom is -0.487 e. The number of aromatic nitrogens is 1. The summed E-state index contributed by atoms with van der Waals surface area (Å²) >= 11 is 0. The van der Waals surface area contributed by atoms with Gasteiger partial charge in [-0.2, -0.15) is 0 Å². The van der Waals surface area contributed by atoms with Crippen LogP contribution >= 0.6 is 0 Å². The Kier molecular flexibility index (Phi) is 3.04. The number of pyridine rings is 1. The number of rotatable bonds is 3. The highest BCUT2D eigenvalue weighted by molar-refractivity contribution is 5.59. The maximum absolute atomic E-state index is 8.11. The molecule has 1 atom stereocenters. The van der Waals surface area contributed by atoms with Crippen molar-refractivity contribution in [3.63, 3.8) is 0 Å². The van der Waals surface area contributed by atoms with Crippen LogP contribution in [-0.2, 0) is 0 Å². The van der Waals surface area contributed by atoms with Gasteiger partial charge in [-0.15, -0.1) is 0 Å². The highest BCUT2D eigenvalue weighted by Gasteiger charge is 2.35. The molecule has 0 spiro atoms. The Labute approximate surface area is 134 Å². The second kappa shape index (κ2) is 5.73. The molecule has 0 amide bonds. The molecule has 4 heterocycles. The molecule has 3 aliphatic heterocycles. The zero-order chi connectivity index (χ0) is 16.7. The minimum absolute atomic E-state index is 0.262. The summed E-state index contributed by atoms with van der Waals surface area (Å²) in [5, 5.41) is 0. The van der Waals surface area contributed by atoms with E-state index in [1.165, 1.54) is 25.9 Å². The Bertz CT molecular complexity index is 717. The van der Waals surface area contributed by atoms with E-state index in [0.717, 1.165) is 17.9 Å². The van der Waals surface area contributed by atoms with Gasteiger partial charge in [0.1, 0.15) is 11.9 Å². The van der Waals surface area contributed by atoms with E-state index < -0.39 is 0 Å². The van der Waals surface area contributed by atoms with E-state index in [0.29, 0.717) is 29.3 Å². The van der Waals surface area contributed by atoms with Crippen LogP contribution in [0, 0.1) is 12.8 Å². The molecule has 1 aromatic carbocycles. The van der Waals surface area contributed by atoms with Gasteiger partial charge in [-0.05, 0) is 50.9 Å². The van der Waals surface area contributed by atoms with Gasteiger partial charge in [-0.1, -0.05) is 29.8 Å². The van der Waals surface area contributed by atoms with Crippen LogP contribution in [0.5, 0.6) is 5.75 Å². The van der Waals surface area contributed by atoms with Gasteiger partial charge < -0.3 is 4.74 Å². The lowest BCUT2D eigenvalue weighted by molar-refractivity contribution is -0.00791. The van der Waals surface area contributed by atoms with E-state index in [1.807, 2.05) is 19.1 Å². The molecule has 2 aromatic rings. The molecule has 5 rings (SSSR count). The highest BCUT2D eigenvalue weighted by atomic mass is 16.5. The number of benzene rings is 1. The van der Waals surface area contributed by atoms with Crippen molar-refractivity contribution in [1.29, 1.82) is 0 Å². The lowest BCUT2D eigenvalue weighted by atomic mass is 9.86. The quantitative estimate of drug-likeness (QED) is 0.867. The zero-order valence-corrected chi connectivity index (χ0v) is 12.9. The molecule has 3 nitrogen and oxygen atoms in total. The molecule has 0 aliphatic carbocycles. The van der Waals surface area contributed by atoms with Crippen molar-refractivity contribution >= 4 is 0 Å². The standard InChI is InChI=1S/C19H22N2O/c1-14-2-4-15(5-3-14)18-7-6-17(12-20-18)22-19-13-21-10-8-16(19)9-11-21/h2-7,12,16,19H,8-11,13H2,1H3/t19-/m0/s1/i4T,5T. The predicted octanol–water partition coefficient (Wildman–Crippen LogP) is 3.53. The zero-order valence-electron chi connectivity index (χ0n) is 14.9. The normalized spacial score (nSPS) is 28.1. The van der Waals surface area contributed by atoms with E-state index >= 15 is 0 Å². The van der Waals surface area contributed by atoms with E-state index in [-0.39, 0.29) is 6.10 Å². The molecular formula is C19H22N2O. The van der Waals surface area contributed by atoms with Gasteiger partial charge in [-0.3, -0.25) is 9.88 Å². The van der Waals surface area contributed by atoms with Crippen molar-refractivity contribution in [3.8, 4) is 17.0 Å². The van der Waals surface area contributed by atoms with Crippen molar-refractivity contribution in [2.45, 2.75) is 25.9 Å². The molecule has 0 unspecified atom stereocenters. The Morgan fingerprint density at radius 3 is 2.55 bits per heavy atom. The summed E-state index contributed by atoms with van der Waals surface area (Å²) in [6, 6.07) is 8.01. The summed E-state index contributed by atoms with van der Waals surface area (Å²) in [7, 11) is 0. The summed E-state index contributed by atoms with van der Waals surface area (Å²) in [4.78, 5) is 6.92. The Morgan fingerprint density at radius 2 is 1.95 bits per heavy atom. The monoisotopic (exact) mass is 298 g/mol. The van der Waals surface area contributed by atoms with Crippen LogP contribution in [0.2, 0.25) is 0 Å². The van der Waals surface area contributed by atoms with Gasteiger partial charge in [-0.25, -0.2) is 0 Å². The van der Waals surface area contributed by atoms with E-state index in [1.54, 1.807) is 18.3 Å². The van der Waals surface area contributed by atoms with Crippen LogP contribution in [0.3, 0.4) is 0 Å². The number of ether oxygens (including phenoxy) is 1. The topological polar surface area (TPSA) is 25.4 Å². The van der Waals surface area contributed by atoms with Crippen molar-refractivity contribution in [3.05, 3.63) is 48.1 Å². The summed E-state index contributed by atoms with van der Waals surface area (Å²) in [6.07, 6.45) is 4.44. The average molecular weight is 298 g/mol. The first-order valence-electron chi connectivity index (χ1n) is 9.03. The molecule has 3 fully saturated rings. The lowest BCUT2D eigenvalue weighted by Gasteiger charge is -2.44. The SMILES string of the molecule is [3H]c1cc(C)cc([3H])c1-c1ccc(O[C@H]2CN3CCC2CC3)cn1. The van der Waals surface area contributed by atoms with Gasteiger partial charge >= 0.3 is 0 Å². The molecule has 2 bridgehead atoms. The number of piperidine rings is 3. The van der Waals surface area contributed by atoms with Gasteiger partial charge in [0.05, 0.1) is 14.6 Å². The fourth-order valence-corrected chi connectivity index (χ4v) is 3.42. The van der Waals surface area contributed by atoms with Crippen LogP contribution in [0.25, 0.3) is 11.3 Å². The maximum atomic E-state index is 8.11. The lowest BCUT2D eigenvalue weighted by Crippen LogP contribution is -2.52. The second-order valence-electron chi connectivity index (χ2n) is 6.37. The second-order valence-corrected chi connectivity index (χ2v) is 6.37. The van der Waals surface area contributed by atoms with Crippen molar-refractivity contribution in [2.24, 2.45) is 5.92 Å². The smallest absolute Gasteiger partial charge is 0.138 e. The number of aryl methyl sites for hydroxylation is 1. The van der Waals surface area contributed by atoms with Crippen LogP contribution < -0.4 is 4.74 Å². The summed E-state index contributed by atoms with van der Waals surface area (Å²) in [6.45, 7) is 5.32. The predicted molar refractivity (Wildman–Crippen MR) is 88.0 cm³/mol. The third kappa shape index (κ3) is 2.73. The van der Waals surface area contributed by atoms with Gasteiger partial charge in [0, 0.05) is 12.1 Å². The molecule has 0 N–H and O–H groups in total. The van der Waals surface area contributed by atoms with Gasteiger partial charge in [0.15, 0.2) is 0 Å². The minimum atomic E-state index is 0.262. The third-order valence-corrected chi connectivity index (χ3v) is 4.76. The Hall–Kier alpha value is -1.87. The van der Waals surface area contributed by atoms with Gasteiger partial charge in [0.2, 0.25) is 0 Å². The molecule has 3 aliphatic rings. The largest absolute Gasteiger partial charge is 0.487 e.